The van der Waals surface area contributed by atoms with Crippen molar-refractivity contribution in [2.24, 2.45) is 34.5 Å². The van der Waals surface area contributed by atoms with Gasteiger partial charge in [-0.1, -0.05) is 27.7 Å². The van der Waals surface area contributed by atoms with E-state index in [-0.39, 0.29) is 30.0 Å². The normalized spacial score (nSPS) is 47.9. The topological polar surface area (TPSA) is 118 Å². The maximum absolute atomic E-state index is 13.2. The molecular weight excluding hydrogens is 420 g/mol. The molecule has 4 aliphatic rings. The summed E-state index contributed by atoms with van der Waals surface area (Å²) in [6.45, 7) is 9.96. The zero-order valence-corrected chi connectivity index (χ0v) is 20.9. The van der Waals surface area contributed by atoms with Crippen LogP contribution < -0.4 is 0 Å². The minimum atomic E-state index is -1.34. The molecule has 3 fully saturated rings. The van der Waals surface area contributed by atoms with E-state index in [0.717, 1.165) is 18.4 Å². The molecule has 6 nitrogen and oxygen atoms in total. The molecule has 0 bridgehead atoms. The van der Waals surface area contributed by atoms with Crippen molar-refractivity contribution in [2.75, 3.05) is 0 Å². The van der Waals surface area contributed by atoms with Crippen LogP contribution in [0.3, 0.4) is 0 Å². The minimum absolute atomic E-state index is 0.0463. The van der Waals surface area contributed by atoms with Crippen molar-refractivity contribution in [1.82, 2.24) is 0 Å². The molecule has 2 unspecified atom stereocenters. The standard InChI is InChI=1S/C27H44O6/c1-15(2)6-7-23(31)26(5,32)22-9-11-27(33)17-12-19(28)18-13-20(29)21(30)14-24(18,3)16(17)8-10-25(22,27)4/h12,15-16,18,20-23,29-33H,6-11,13-14H2,1-5H3/t16?,18-,20+,21-,22-,23+,24+,25+,26?,27+/m0/s1. The van der Waals surface area contributed by atoms with Crippen LogP contribution in [0.5, 0.6) is 0 Å². The second-order valence-corrected chi connectivity index (χ2v) is 12.8. The molecule has 0 spiro atoms. The number of aliphatic hydroxyl groups excluding tert-OH is 3. The first-order valence-corrected chi connectivity index (χ1v) is 12.9. The van der Waals surface area contributed by atoms with Crippen LogP contribution in [0, 0.1) is 34.5 Å². The fourth-order valence-electron chi connectivity index (χ4n) is 8.32. The third-order valence-electron chi connectivity index (χ3n) is 10.5. The first-order chi connectivity index (χ1) is 15.2. The van der Waals surface area contributed by atoms with Gasteiger partial charge in [-0.2, -0.15) is 0 Å². The fourth-order valence-corrected chi connectivity index (χ4v) is 8.32. The zero-order valence-electron chi connectivity index (χ0n) is 20.9. The van der Waals surface area contributed by atoms with Gasteiger partial charge in [-0.05, 0) is 93.1 Å². The summed E-state index contributed by atoms with van der Waals surface area (Å²) >= 11 is 0. The van der Waals surface area contributed by atoms with Gasteiger partial charge in [-0.3, -0.25) is 4.79 Å². The predicted octanol–water partition coefficient (Wildman–Crippen LogP) is 2.74. The van der Waals surface area contributed by atoms with E-state index in [1.165, 1.54) is 0 Å². The number of carbonyl (C=O) groups excluding carboxylic acids is 1. The molecule has 0 aliphatic heterocycles. The second kappa shape index (κ2) is 8.12. The van der Waals surface area contributed by atoms with Crippen LogP contribution in [-0.4, -0.2) is 60.8 Å². The highest BCUT2D eigenvalue weighted by Crippen LogP contribution is 2.68. The van der Waals surface area contributed by atoms with Crippen LogP contribution in [-0.2, 0) is 4.79 Å². The Bertz CT molecular complexity index is 819. The third kappa shape index (κ3) is 3.58. The SMILES string of the molecule is CC(C)CC[C@@H](O)C(C)(O)[C@H]1CC[C@@]2(O)C3=CC(=O)[C@@H]4C[C@@H](O)[C@@H](O)C[C@]4(C)C3CC[C@]12C. The molecule has 0 heterocycles. The summed E-state index contributed by atoms with van der Waals surface area (Å²) in [5.74, 6) is -0.331. The molecule has 4 rings (SSSR count). The maximum Gasteiger partial charge on any atom is 0.159 e. The van der Waals surface area contributed by atoms with Crippen molar-refractivity contribution in [3.8, 4) is 0 Å². The summed E-state index contributed by atoms with van der Waals surface area (Å²) in [7, 11) is 0. The Morgan fingerprint density at radius 1 is 1.09 bits per heavy atom. The highest BCUT2D eigenvalue weighted by atomic mass is 16.3. The van der Waals surface area contributed by atoms with Gasteiger partial charge in [0, 0.05) is 11.3 Å². The average Bonchev–Trinajstić information content (AvgIpc) is 3.00. The molecule has 0 aromatic rings. The second-order valence-electron chi connectivity index (χ2n) is 12.8. The maximum atomic E-state index is 13.2. The number of allylic oxidation sites excluding steroid dienone is 1. The van der Waals surface area contributed by atoms with Crippen molar-refractivity contribution >= 4 is 5.78 Å². The van der Waals surface area contributed by atoms with E-state index < -0.39 is 40.3 Å². The van der Waals surface area contributed by atoms with Crippen LogP contribution in [0.2, 0.25) is 0 Å². The van der Waals surface area contributed by atoms with E-state index in [2.05, 4.69) is 13.8 Å². The van der Waals surface area contributed by atoms with Crippen LogP contribution >= 0.6 is 0 Å². The van der Waals surface area contributed by atoms with Crippen LogP contribution in [0.1, 0.15) is 86.0 Å². The van der Waals surface area contributed by atoms with Gasteiger partial charge in [-0.25, -0.2) is 0 Å². The van der Waals surface area contributed by atoms with E-state index in [1.54, 1.807) is 13.0 Å². The monoisotopic (exact) mass is 464 g/mol. The van der Waals surface area contributed by atoms with Crippen LogP contribution in [0.15, 0.2) is 11.6 Å². The Balaban J connectivity index is 1.68. The largest absolute Gasteiger partial charge is 0.390 e. The molecule has 188 valence electrons. The Morgan fingerprint density at radius 2 is 1.76 bits per heavy atom. The highest BCUT2D eigenvalue weighted by Gasteiger charge is 2.69. The van der Waals surface area contributed by atoms with Crippen molar-refractivity contribution in [2.45, 2.75) is 115 Å². The Hall–Kier alpha value is -0.790. The van der Waals surface area contributed by atoms with Crippen molar-refractivity contribution < 1.29 is 30.3 Å². The Kier molecular flexibility index (Phi) is 6.23. The number of rotatable bonds is 5. The van der Waals surface area contributed by atoms with Gasteiger partial charge in [-0.15, -0.1) is 0 Å². The van der Waals surface area contributed by atoms with Gasteiger partial charge in [0.25, 0.3) is 0 Å². The molecular formula is C27H44O6. The molecule has 33 heavy (non-hydrogen) atoms. The lowest BCUT2D eigenvalue weighted by molar-refractivity contribution is -0.176. The van der Waals surface area contributed by atoms with E-state index in [1.807, 2.05) is 13.8 Å². The number of fused-ring (bicyclic) bond motifs is 5. The highest BCUT2D eigenvalue weighted by molar-refractivity contribution is 5.95. The molecule has 0 aromatic heterocycles. The number of ketones is 1. The Morgan fingerprint density at radius 3 is 2.39 bits per heavy atom. The van der Waals surface area contributed by atoms with Crippen molar-refractivity contribution in [1.29, 1.82) is 0 Å². The van der Waals surface area contributed by atoms with E-state index in [4.69, 9.17) is 0 Å². The quantitative estimate of drug-likeness (QED) is 0.427. The molecule has 6 heteroatoms. The number of hydrogen-bond donors (Lipinski definition) is 5. The summed E-state index contributed by atoms with van der Waals surface area (Å²) in [6.07, 6.45) is 3.39. The van der Waals surface area contributed by atoms with Crippen molar-refractivity contribution in [3.05, 3.63) is 11.6 Å². The lowest BCUT2D eigenvalue weighted by Gasteiger charge is -2.60. The summed E-state index contributed by atoms with van der Waals surface area (Å²) in [5, 5.41) is 55.4. The van der Waals surface area contributed by atoms with Crippen LogP contribution in [0.4, 0.5) is 0 Å². The van der Waals surface area contributed by atoms with Gasteiger partial charge < -0.3 is 25.5 Å². The third-order valence-corrected chi connectivity index (χ3v) is 10.5. The minimum Gasteiger partial charge on any atom is -0.390 e. The molecule has 0 saturated heterocycles. The summed E-state index contributed by atoms with van der Waals surface area (Å²) in [5.41, 5.74) is -2.98. The number of hydrogen-bond acceptors (Lipinski definition) is 6. The lowest BCUT2D eigenvalue weighted by atomic mass is 9.45. The van der Waals surface area contributed by atoms with Gasteiger partial charge in [0.1, 0.15) is 0 Å². The lowest BCUT2D eigenvalue weighted by Crippen LogP contribution is -2.62. The van der Waals surface area contributed by atoms with Gasteiger partial charge in [0.05, 0.1) is 29.5 Å². The number of carbonyl (C=O) groups is 1. The van der Waals surface area contributed by atoms with Gasteiger partial charge >= 0.3 is 0 Å². The number of aliphatic hydroxyl groups is 5. The molecule has 5 N–H and O–H groups in total. The summed E-state index contributed by atoms with van der Waals surface area (Å²) in [4.78, 5) is 13.2. The average molecular weight is 465 g/mol. The Labute approximate surface area is 198 Å². The fraction of sp³-hybridized carbons (Fsp3) is 0.889. The molecule has 4 aliphatic carbocycles. The first-order valence-electron chi connectivity index (χ1n) is 12.9. The smallest absolute Gasteiger partial charge is 0.159 e. The van der Waals surface area contributed by atoms with Gasteiger partial charge in [0.2, 0.25) is 0 Å². The summed E-state index contributed by atoms with van der Waals surface area (Å²) < 4.78 is 0. The molecule has 0 aromatic carbocycles. The zero-order chi connectivity index (χ0) is 24.6. The summed E-state index contributed by atoms with van der Waals surface area (Å²) in [6, 6.07) is 0. The predicted molar refractivity (Wildman–Crippen MR) is 125 cm³/mol. The van der Waals surface area contributed by atoms with E-state index >= 15 is 0 Å². The van der Waals surface area contributed by atoms with Gasteiger partial charge in [0.15, 0.2) is 5.78 Å². The first kappa shape index (κ1) is 25.3. The van der Waals surface area contributed by atoms with E-state index in [0.29, 0.717) is 38.0 Å². The van der Waals surface area contributed by atoms with Crippen LogP contribution in [0.25, 0.3) is 0 Å². The van der Waals surface area contributed by atoms with E-state index in [9.17, 15) is 30.3 Å². The molecule has 0 amide bonds. The molecule has 0 radical (unpaired) electrons. The van der Waals surface area contributed by atoms with Crippen molar-refractivity contribution in [3.63, 3.8) is 0 Å². The molecule has 10 atom stereocenters. The molecule has 3 saturated carbocycles.